The van der Waals surface area contributed by atoms with Gasteiger partial charge in [-0.05, 0) is 44.0 Å². The van der Waals surface area contributed by atoms with E-state index in [4.69, 9.17) is 0 Å². The summed E-state index contributed by atoms with van der Waals surface area (Å²) in [6.07, 6.45) is 1.25. The van der Waals surface area contributed by atoms with Crippen LogP contribution >= 0.6 is 31.9 Å². The average Bonchev–Trinajstić information content (AvgIpc) is 1.97. The van der Waals surface area contributed by atoms with E-state index in [-0.39, 0.29) is 0 Å². The second-order valence-electron chi connectivity index (χ2n) is 2.12. The topological polar surface area (TPSA) is 0 Å². The highest BCUT2D eigenvalue weighted by Crippen LogP contribution is 2.20. The molecule has 0 fully saturated rings. The van der Waals surface area contributed by atoms with Crippen molar-refractivity contribution >= 4 is 31.9 Å². The molecule has 1 aromatic carbocycles. The summed E-state index contributed by atoms with van der Waals surface area (Å²) in [6, 6.07) is 7.94. The molecule has 62 valence electrons. The van der Waals surface area contributed by atoms with Gasteiger partial charge in [0.15, 0.2) is 0 Å². The predicted molar refractivity (Wildman–Crippen MR) is 57.8 cm³/mol. The molecule has 0 aliphatic carbocycles. The van der Waals surface area contributed by atoms with Crippen molar-refractivity contribution in [2.24, 2.45) is 0 Å². The molecule has 0 unspecified atom stereocenters. The Balaban J connectivity index is 0.000000292. The van der Waals surface area contributed by atoms with Crippen LogP contribution in [-0.2, 0) is 0 Å². The van der Waals surface area contributed by atoms with E-state index >= 15 is 0 Å². The summed E-state index contributed by atoms with van der Waals surface area (Å²) in [7, 11) is 0. The summed E-state index contributed by atoms with van der Waals surface area (Å²) in [5.74, 6) is 0. The molecule has 0 N–H and O–H groups in total. The predicted octanol–water partition coefficient (Wildman–Crippen LogP) is 4.63. The third-order valence-corrected chi connectivity index (χ3v) is 2.74. The van der Waals surface area contributed by atoms with E-state index < -0.39 is 0 Å². The van der Waals surface area contributed by atoms with Gasteiger partial charge in [-0.25, -0.2) is 0 Å². The lowest BCUT2D eigenvalue weighted by Gasteiger charge is -1.89. The van der Waals surface area contributed by atoms with Crippen LogP contribution < -0.4 is 0 Å². The largest absolute Gasteiger partial charge is 0.0656 e. The summed E-state index contributed by atoms with van der Waals surface area (Å²) >= 11 is 6.70. The van der Waals surface area contributed by atoms with Crippen LogP contribution in [0, 0.1) is 0 Å². The SMILES string of the molecule is Brc1ccccc1Br.CCC. The molecular formula is C9H12Br2. The van der Waals surface area contributed by atoms with Crippen molar-refractivity contribution in [3.05, 3.63) is 33.2 Å². The molecule has 0 spiro atoms. The highest BCUT2D eigenvalue weighted by Gasteiger charge is 1.88. The first kappa shape index (κ1) is 11.2. The molecule has 0 aromatic heterocycles. The molecule has 0 radical (unpaired) electrons. The maximum Gasteiger partial charge on any atom is 0.0317 e. The van der Waals surface area contributed by atoms with Gasteiger partial charge in [-0.2, -0.15) is 0 Å². The zero-order chi connectivity index (χ0) is 8.69. The van der Waals surface area contributed by atoms with Gasteiger partial charge in [0.05, 0.1) is 0 Å². The molecule has 0 bridgehead atoms. The fraction of sp³-hybridized carbons (Fsp3) is 0.333. The van der Waals surface area contributed by atoms with Crippen molar-refractivity contribution in [3.63, 3.8) is 0 Å². The molecule has 0 amide bonds. The van der Waals surface area contributed by atoms with E-state index in [1.165, 1.54) is 6.42 Å². The summed E-state index contributed by atoms with van der Waals surface area (Å²) < 4.78 is 2.19. The van der Waals surface area contributed by atoms with Crippen molar-refractivity contribution in [1.82, 2.24) is 0 Å². The number of hydrogen-bond donors (Lipinski definition) is 0. The van der Waals surface area contributed by atoms with Crippen LogP contribution in [-0.4, -0.2) is 0 Å². The van der Waals surface area contributed by atoms with E-state index in [1.54, 1.807) is 0 Å². The summed E-state index contributed by atoms with van der Waals surface area (Å²) in [5, 5.41) is 0. The van der Waals surface area contributed by atoms with Crippen molar-refractivity contribution in [2.45, 2.75) is 20.3 Å². The fourth-order valence-electron chi connectivity index (χ4n) is 0.439. The Morgan fingerprint density at radius 1 is 1.00 bits per heavy atom. The molecule has 0 heterocycles. The minimum atomic E-state index is 1.10. The van der Waals surface area contributed by atoms with Crippen LogP contribution in [0.1, 0.15) is 20.3 Å². The minimum Gasteiger partial charge on any atom is -0.0656 e. The zero-order valence-corrected chi connectivity index (χ0v) is 9.94. The van der Waals surface area contributed by atoms with Crippen LogP contribution in [0.2, 0.25) is 0 Å². The van der Waals surface area contributed by atoms with E-state index in [2.05, 4.69) is 45.7 Å². The van der Waals surface area contributed by atoms with Gasteiger partial charge < -0.3 is 0 Å². The van der Waals surface area contributed by atoms with Crippen LogP contribution in [0.4, 0.5) is 0 Å². The highest BCUT2D eigenvalue weighted by molar-refractivity contribution is 9.13. The lowest BCUT2D eigenvalue weighted by molar-refractivity contribution is 1.09. The van der Waals surface area contributed by atoms with Crippen LogP contribution in [0.5, 0.6) is 0 Å². The van der Waals surface area contributed by atoms with Crippen molar-refractivity contribution < 1.29 is 0 Å². The first-order chi connectivity index (χ1) is 5.22. The Morgan fingerprint density at radius 2 is 1.27 bits per heavy atom. The zero-order valence-electron chi connectivity index (χ0n) is 6.77. The van der Waals surface area contributed by atoms with E-state index in [9.17, 15) is 0 Å². The molecular weight excluding hydrogens is 268 g/mol. The van der Waals surface area contributed by atoms with Gasteiger partial charge in [-0.3, -0.25) is 0 Å². The lowest BCUT2D eigenvalue weighted by Crippen LogP contribution is -1.63. The van der Waals surface area contributed by atoms with Crippen molar-refractivity contribution in [1.29, 1.82) is 0 Å². The molecule has 0 aliphatic heterocycles. The molecule has 0 nitrogen and oxygen atoms in total. The Bertz CT molecular complexity index is 176. The Morgan fingerprint density at radius 3 is 1.45 bits per heavy atom. The maximum absolute atomic E-state index is 3.35. The molecule has 0 saturated carbocycles. The normalized spacial score (nSPS) is 8.36. The standard InChI is InChI=1S/C6H4Br2.C3H8/c7-5-3-1-2-4-6(5)8;1-3-2/h1-4H;3H2,1-2H3. The second-order valence-corrected chi connectivity index (χ2v) is 3.83. The number of benzene rings is 1. The molecule has 0 aliphatic rings. The lowest BCUT2D eigenvalue weighted by atomic mass is 10.4. The van der Waals surface area contributed by atoms with Gasteiger partial charge in [0.1, 0.15) is 0 Å². The van der Waals surface area contributed by atoms with Gasteiger partial charge in [0.25, 0.3) is 0 Å². The van der Waals surface area contributed by atoms with E-state index in [0.717, 1.165) is 8.95 Å². The molecule has 0 saturated heterocycles. The monoisotopic (exact) mass is 278 g/mol. The molecule has 11 heavy (non-hydrogen) atoms. The number of hydrogen-bond acceptors (Lipinski definition) is 0. The average molecular weight is 280 g/mol. The van der Waals surface area contributed by atoms with E-state index in [0.29, 0.717) is 0 Å². The highest BCUT2D eigenvalue weighted by atomic mass is 79.9. The van der Waals surface area contributed by atoms with Gasteiger partial charge >= 0.3 is 0 Å². The van der Waals surface area contributed by atoms with Crippen LogP contribution in [0.15, 0.2) is 33.2 Å². The molecule has 2 heteroatoms. The summed E-state index contributed by atoms with van der Waals surface area (Å²) in [5.41, 5.74) is 0. The Kier molecular flexibility index (Phi) is 6.98. The third kappa shape index (κ3) is 5.45. The smallest absolute Gasteiger partial charge is 0.0317 e. The van der Waals surface area contributed by atoms with Crippen LogP contribution in [0.25, 0.3) is 0 Å². The minimum absolute atomic E-state index is 1.10. The van der Waals surface area contributed by atoms with Crippen molar-refractivity contribution in [2.75, 3.05) is 0 Å². The van der Waals surface area contributed by atoms with Gasteiger partial charge in [0.2, 0.25) is 0 Å². The fourth-order valence-corrected chi connectivity index (χ4v) is 1.01. The van der Waals surface area contributed by atoms with Gasteiger partial charge in [-0.15, -0.1) is 0 Å². The van der Waals surface area contributed by atoms with Gasteiger partial charge in [0, 0.05) is 8.95 Å². The first-order valence-corrected chi connectivity index (χ1v) is 5.21. The molecule has 1 aromatic rings. The summed E-state index contributed by atoms with van der Waals surface area (Å²) in [4.78, 5) is 0. The molecule has 1 rings (SSSR count). The quantitative estimate of drug-likeness (QED) is 0.650. The second kappa shape index (κ2) is 6.86. The Labute approximate surface area is 85.3 Å². The van der Waals surface area contributed by atoms with Crippen molar-refractivity contribution in [3.8, 4) is 0 Å². The Hall–Kier alpha value is 0.180. The molecule has 0 atom stereocenters. The summed E-state index contributed by atoms with van der Waals surface area (Å²) in [6.45, 7) is 4.25. The van der Waals surface area contributed by atoms with Crippen LogP contribution in [0.3, 0.4) is 0 Å². The van der Waals surface area contributed by atoms with E-state index in [1.807, 2.05) is 24.3 Å². The van der Waals surface area contributed by atoms with Gasteiger partial charge in [-0.1, -0.05) is 32.4 Å². The number of rotatable bonds is 0. The number of halogens is 2. The first-order valence-electron chi connectivity index (χ1n) is 3.62. The third-order valence-electron chi connectivity index (χ3n) is 0.824. The maximum atomic E-state index is 3.35.